The first kappa shape index (κ1) is 9.39. The van der Waals surface area contributed by atoms with E-state index in [1.807, 2.05) is 0 Å². The number of rotatable bonds is 3. The van der Waals surface area contributed by atoms with Crippen LogP contribution in [0.5, 0.6) is 5.88 Å². The maximum atomic E-state index is 10.4. The van der Waals surface area contributed by atoms with Crippen LogP contribution in [-0.4, -0.2) is 23.4 Å². The van der Waals surface area contributed by atoms with Crippen molar-refractivity contribution >= 4 is 6.29 Å². The van der Waals surface area contributed by atoms with E-state index in [0.717, 1.165) is 0 Å². The normalized spacial score (nSPS) is 9.93. The Morgan fingerprint density at radius 2 is 2.13 bits per heavy atom. The summed E-state index contributed by atoms with van der Waals surface area (Å²) in [6, 6.07) is 3.22. The predicted molar refractivity (Wildman–Crippen MR) is 51.7 cm³/mol. The van der Waals surface area contributed by atoms with Crippen molar-refractivity contribution in [2.24, 2.45) is 0 Å². The summed E-state index contributed by atoms with van der Waals surface area (Å²) in [5.41, 5.74) is 0.480. The number of carbonyl (C=O) groups is 1. The van der Waals surface area contributed by atoms with E-state index in [2.05, 4.69) is 9.97 Å². The maximum absolute atomic E-state index is 10.4. The van der Waals surface area contributed by atoms with Crippen LogP contribution in [0, 0.1) is 0 Å². The van der Waals surface area contributed by atoms with Gasteiger partial charge < -0.3 is 9.15 Å². The number of ether oxygens (including phenoxy) is 1. The van der Waals surface area contributed by atoms with Gasteiger partial charge in [0, 0.05) is 12.4 Å². The Morgan fingerprint density at radius 3 is 2.80 bits per heavy atom. The molecule has 0 fully saturated rings. The van der Waals surface area contributed by atoms with Gasteiger partial charge in [-0.15, -0.1) is 0 Å². The fourth-order valence-corrected chi connectivity index (χ4v) is 1.19. The zero-order valence-electron chi connectivity index (χ0n) is 8.01. The number of carbonyl (C=O) groups excluding carboxylic acids is 1. The highest BCUT2D eigenvalue weighted by atomic mass is 16.5. The molecule has 0 spiro atoms. The Morgan fingerprint density at radius 1 is 1.33 bits per heavy atom. The molecule has 0 unspecified atom stereocenters. The molecular weight excluding hydrogens is 196 g/mol. The fraction of sp³-hybridized carbons (Fsp3) is 0.100. The van der Waals surface area contributed by atoms with Gasteiger partial charge in [0.05, 0.1) is 7.11 Å². The summed E-state index contributed by atoms with van der Waals surface area (Å²) in [7, 11) is 1.50. The first-order valence-corrected chi connectivity index (χ1v) is 4.25. The van der Waals surface area contributed by atoms with Gasteiger partial charge in [-0.3, -0.25) is 4.79 Å². The molecule has 0 atom stereocenters. The van der Waals surface area contributed by atoms with Crippen LogP contribution >= 0.6 is 0 Å². The van der Waals surface area contributed by atoms with Crippen LogP contribution in [0.2, 0.25) is 0 Å². The monoisotopic (exact) mass is 204 g/mol. The Labute approximate surface area is 85.7 Å². The Balaban J connectivity index is 2.48. The zero-order valence-corrected chi connectivity index (χ0v) is 8.01. The average Bonchev–Trinajstić information content (AvgIpc) is 2.77. The highest BCUT2D eigenvalue weighted by molar-refractivity contribution is 5.72. The van der Waals surface area contributed by atoms with Crippen molar-refractivity contribution in [3.63, 3.8) is 0 Å². The summed E-state index contributed by atoms with van der Waals surface area (Å²) in [4.78, 5) is 18.5. The lowest BCUT2D eigenvalue weighted by atomic mass is 10.3. The van der Waals surface area contributed by atoms with Crippen LogP contribution < -0.4 is 4.74 Å². The van der Waals surface area contributed by atoms with Gasteiger partial charge in [0.2, 0.25) is 5.88 Å². The van der Waals surface area contributed by atoms with E-state index in [4.69, 9.17) is 9.15 Å². The molecule has 0 aliphatic carbocycles. The molecule has 0 saturated heterocycles. The van der Waals surface area contributed by atoms with Gasteiger partial charge in [0.15, 0.2) is 23.5 Å². The van der Waals surface area contributed by atoms with E-state index in [1.165, 1.54) is 19.5 Å². The molecule has 0 radical (unpaired) electrons. The summed E-state index contributed by atoms with van der Waals surface area (Å²) in [6.07, 6.45) is 3.68. The van der Waals surface area contributed by atoms with E-state index >= 15 is 0 Å². The fourth-order valence-electron chi connectivity index (χ4n) is 1.19. The predicted octanol–water partition coefficient (Wildman–Crippen LogP) is 1.56. The minimum Gasteiger partial charge on any atom is -0.479 e. The molecule has 0 aromatic carbocycles. The van der Waals surface area contributed by atoms with Gasteiger partial charge in [-0.25, -0.2) is 9.97 Å². The second-order valence-electron chi connectivity index (χ2n) is 2.73. The van der Waals surface area contributed by atoms with Crippen molar-refractivity contribution in [3.05, 3.63) is 30.3 Å². The van der Waals surface area contributed by atoms with Gasteiger partial charge in [-0.05, 0) is 12.1 Å². The van der Waals surface area contributed by atoms with Gasteiger partial charge >= 0.3 is 0 Å². The average molecular weight is 204 g/mol. The molecular formula is C10H8N2O3. The number of methoxy groups -OCH3 is 1. The number of aromatic nitrogens is 2. The van der Waals surface area contributed by atoms with Crippen LogP contribution in [0.25, 0.3) is 11.5 Å². The quantitative estimate of drug-likeness (QED) is 0.710. The molecule has 0 aliphatic heterocycles. The van der Waals surface area contributed by atoms with Crippen molar-refractivity contribution in [3.8, 4) is 17.3 Å². The van der Waals surface area contributed by atoms with Crippen molar-refractivity contribution in [2.45, 2.75) is 0 Å². The third-order valence-corrected chi connectivity index (χ3v) is 1.83. The van der Waals surface area contributed by atoms with E-state index in [9.17, 15) is 4.79 Å². The van der Waals surface area contributed by atoms with Gasteiger partial charge in [-0.1, -0.05) is 0 Å². The van der Waals surface area contributed by atoms with E-state index < -0.39 is 0 Å². The van der Waals surface area contributed by atoms with Gasteiger partial charge in [-0.2, -0.15) is 0 Å². The summed E-state index contributed by atoms with van der Waals surface area (Å²) < 4.78 is 10.2. The lowest BCUT2D eigenvalue weighted by molar-refractivity contribution is 0.110. The molecule has 0 aliphatic rings. The molecule has 2 heterocycles. The summed E-state index contributed by atoms with van der Waals surface area (Å²) in [5.74, 6) is 1.07. The molecule has 5 heteroatoms. The minimum atomic E-state index is 0.248. The second-order valence-corrected chi connectivity index (χ2v) is 2.73. The van der Waals surface area contributed by atoms with E-state index in [0.29, 0.717) is 23.6 Å². The molecule has 2 aromatic heterocycles. The lowest BCUT2D eigenvalue weighted by Gasteiger charge is -2.01. The molecule has 0 N–H and O–H groups in total. The van der Waals surface area contributed by atoms with Crippen molar-refractivity contribution in [1.82, 2.24) is 9.97 Å². The lowest BCUT2D eigenvalue weighted by Crippen LogP contribution is -1.92. The van der Waals surface area contributed by atoms with Crippen LogP contribution in [-0.2, 0) is 0 Å². The second kappa shape index (κ2) is 3.91. The molecule has 0 saturated carbocycles. The molecule has 76 valence electrons. The number of furan rings is 1. The summed E-state index contributed by atoms with van der Waals surface area (Å²) in [6.45, 7) is 0. The van der Waals surface area contributed by atoms with E-state index in [1.54, 1.807) is 12.1 Å². The Kier molecular flexibility index (Phi) is 2.45. The third kappa shape index (κ3) is 1.71. The molecule has 5 nitrogen and oxygen atoms in total. The minimum absolute atomic E-state index is 0.248. The number of nitrogens with zero attached hydrogens (tertiary/aromatic N) is 2. The summed E-state index contributed by atoms with van der Waals surface area (Å²) in [5, 5.41) is 0. The van der Waals surface area contributed by atoms with Gasteiger partial charge in [0.1, 0.15) is 0 Å². The van der Waals surface area contributed by atoms with Crippen LogP contribution in [0.1, 0.15) is 10.6 Å². The van der Waals surface area contributed by atoms with Crippen molar-refractivity contribution in [1.29, 1.82) is 0 Å². The smallest absolute Gasteiger partial charge is 0.243 e. The number of hydrogen-bond acceptors (Lipinski definition) is 5. The van der Waals surface area contributed by atoms with Crippen LogP contribution in [0.3, 0.4) is 0 Å². The molecule has 2 rings (SSSR count). The SMILES string of the molecule is COc1nccnc1-c1ccc(C=O)o1. The number of hydrogen-bond donors (Lipinski definition) is 0. The highest BCUT2D eigenvalue weighted by Gasteiger charge is 2.11. The molecule has 0 amide bonds. The maximum Gasteiger partial charge on any atom is 0.243 e. The Hall–Kier alpha value is -2.17. The zero-order chi connectivity index (χ0) is 10.7. The van der Waals surface area contributed by atoms with Crippen molar-refractivity contribution < 1.29 is 13.9 Å². The first-order valence-electron chi connectivity index (χ1n) is 4.25. The third-order valence-electron chi connectivity index (χ3n) is 1.83. The van der Waals surface area contributed by atoms with Crippen LogP contribution in [0.4, 0.5) is 0 Å². The molecule has 0 bridgehead atoms. The number of aldehydes is 1. The first-order chi connectivity index (χ1) is 7.35. The van der Waals surface area contributed by atoms with E-state index in [-0.39, 0.29) is 5.76 Å². The van der Waals surface area contributed by atoms with Gasteiger partial charge in [0.25, 0.3) is 0 Å². The summed E-state index contributed by atoms with van der Waals surface area (Å²) >= 11 is 0. The highest BCUT2D eigenvalue weighted by Crippen LogP contribution is 2.26. The molecule has 2 aromatic rings. The van der Waals surface area contributed by atoms with Crippen LogP contribution in [0.15, 0.2) is 28.9 Å². The Bertz CT molecular complexity index is 479. The standard InChI is InChI=1S/C10H8N2O3/c1-14-10-9(11-4-5-12-10)8-3-2-7(6-13)15-8/h2-6H,1H3. The molecule has 15 heavy (non-hydrogen) atoms. The topological polar surface area (TPSA) is 65.2 Å². The van der Waals surface area contributed by atoms with Crippen molar-refractivity contribution in [2.75, 3.05) is 7.11 Å². The largest absolute Gasteiger partial charge is 0.479 e.